The molecule has 1 saturated carbocycles. The van der Waals surface area contributed by atoms with E-state index in [1.165, 1.54) is 24.0 Å². The Kier molecular flexibility index (Phi) is 5.38. The number of thiophene rings is 1. The van der Waals surface area contributed by atoms with Crippen LogP contribution in [0.15, 0.2) is 35.7 Å². The molecule has 2 fully saturated rings. The van der Waals surface area contributed by atoms with E-state index < -0.39 is 0 Å². The Morgan fingerprint density at radius 2 is 1.77 bits per heavy atom. The number of carbonyl (C=O) groups is 1. The summed E-state index contributed by atoms with van der Waals surface area (Å²) >= 11 is 1.55. The largest absolute Gasteiger partial charge is 0.321 e. The van der Waals surface area contributed by atoms with Crippen LogP contribution in [0.25, 0.3) is 0 Å². The minimum absolute atomic E-state index is 0.0327. The van der Waals surface area contributed by atoms with E-state index in [4.69, 9.17) is 0 Å². The number of hydrogen-bond donors (Lipinski definition) is 1. The Bertz CT molecular complexity index is 743. The molecule has 2 heterocycles. The molecule has 5 heteroatoms. The standard InChI is InChI=1S/C21H27N3OS/c1-2-23-10-12-24(13-11-23)15-16-3-7-18(8-4-16)22-21(25)20-19(9-14-26-20)17-5-6-17/h3-4,7-9,14,17H,2,5-6,10-13,15H2,1H3,(H,22,25). The van der Waals surface area contributed by atoms with Crippen LogP contribution in [0.4, 0.5) is 5.69 Å². The van der Waals surface area contributed by atoms with Gasteiger partial charge in [0, 0.05) is 38.4 Å². The summed E-state index contributed by atoms with van der Waals surface area (Å²) in [6.07, 6.45) is 2.44. The van der Waals surface area contributed by atoms with Crippen molar-refractivity contribution >= 4 is 22.9 Å². The van der Waals surface area contributed by atoms with Crippen LogP contribution in [0, 0.1) is 0 Å². The number of likely N-dealkylation sites (N-methyl/N-ethyl adjacent to an activating group) is 1. The maximum absolute atomic E-state index is 12.6. The van der Waals surface area contributed by atoms with Gasteiger partial charge in [-0.3, -0.25) is 9.69 Å². The van der Waals surface area contributed by atoms with Gasteiger partial charge < -0.3 is 10.2 Å². The van der Waals surface area contributed by atoms with E-state index in [9.17, 15) is 4.79 Å². The predicted octanol–water partition coefficient (Wildman–Crippen LogP) is 4.02. The summed E-state index contributed by atoms with van der Waals surface area (Å²) in [5.74, 6) is 0.642. The maximum atomic E-state index is 12.6. The first kappa shape index (κ1) is 17.7. The lowest BCUT2D eigenvalue weighted by Crippen LogP contribution is -2.45. The number of anilines is 1. The number of nitrogens with zero attached hydrogens (tertiary/aromatic N) is 2. The van der Waals surface area contributed by atoms with Gasteiger partial charge in [0.1, 0.15) is 0 Å². The van der Waals surface area contributed by atoms with Gasteiger partial charge in [0.15, 0.2) is 0 Å². The van der Waals surface area contributed by atoms with Gasteiger partial charge in [0.2, 0.25) is 0 Å². The maximum Gasteiger partial charge on any atom is 0.266 e. The fraction of sp³-hybridized carbons (Fsp3) is 0.476. The minimum atomic E-state index is 0.0327. The second kappa shape index (κ2) is 7.91. The fourth-order valence-electron chi connectivity index (χ4n) is 3.62. The smallest absolute Gasteiger partial charge is 0.266 e. The second-order valence-corrected chi connectivity index (χ2v) is 8.26. The van der Waals surface area contributed by atoms with Crippen molar-refractivity contribution < 1.29 is 4.79 Å². The van der Waals surface area contributed by atoms with Crippen molar-refractivity contribution in [2.24, 2.45) is 0 Å². The first-order chi connectivity index (χ1) is 12.7. The normalized spacial score (nSPS) is 18.8. The van der Waals surface area contributed by atoms with Gasteiger partial charge in [-0.15, -0.1) is 11.3 Å². The molecule has 0 unspecified atom stereocenters. The topological polar surface area (TPSA) is 35.6 Å². The van der Waals surface area contributed by atoms with Crippen LogP contribution >= 0.6 is 11.3 Å². The molecule has 1 saturated heterocycles. The van der Waals surface area contributed by atoms with Crippen LogP contribution in [0.5, 0.6) is 0 Å². The molecular formula is C21H27N3OS. The van der Waals surface area contributed by atoms with Gasteiger partial charge in [0.25, 0.3) is 5.91 Å². The van der Waals surface area contributed by atoms with Crippen LogP contribution in [-0.4, -0.2) is 48.4 Å². The van der Waals surface area contributed by atoms with Gasteiger partial charge in [-0.05, 0) is 60.0 Å². The number of rotatable bonds is 6. The summed E-state index contributed by atoms with van der Waals surface area (Å²) in [6.45, 7) is 8.96. The first-order valence-corrected chi connectivity index (χ1v) is 10.5. The van der Waals surface area contributed by atoms with Crippen molar-refractivity contribution in [3.8, 4) is 0 Å². The van der Waals surface area contributed by atoms with Gasteiger partial charge in [-0.1, -0.05) is 19.1 Å². The van der Waals surface area contributed by atoms with Crippen molar-refractivity contribution in [3.05, 3.63) is 51.7 Å². The monoisotopic (exact) mass is 369 g/mol. The molecule has 26 heavy (non-hydrogen) atoms. The summed E-state index contributed by atoms with van der Waals surface area (Å²) in [5.41, 5.74) is 3.42. The number of hydrogen-bond acceptors (Lipinski definition) is 4. The molecule has 1 N–H and O–H groups in total. The molecule has 4 nitrogen and oxygen atoms in total. The van der Waals surface area contributed by atoms with Crippen molar-refractivity contribution in [2.45, 2.75) is 32.2 Å². The van der Waals surface area contributed by atoms with E-state index in [1.54, 1.807) is 11.3 Å². The third kappa shape index (κ3) is 4.17. The number of nitrogens with one attached hydrogen (secondary N) is 1. The summed E-state index contributed by atoms with van der Waals surface area (Å²) in [4.78, 5) is 18.5. The van der Waals surface area contributed by atoms with Crippen molar-refractivity contribution in [1.29, 1.82) is 0 Å². The number of piperazine rings is 1. The molecule has 0 radical (unpaired) electrons. The molecule has 1 aromatic heterocycles. The summed E-state index contributed by atoms with van der Waals surface area (Å²) in [7, 11) is 0. The molecule has 0 spiro atoms. The van der Waals surface area contributed by atoms with Crippen molar-refractivity contribution in [2.75, 3.05) is 38.0 Å². The number of benzene rings is 1. The van der Waals surface area contributed by atoms with Crippen LogP contribution in [-0.2, 0) is 6.54 Å². The van der Waals surface area contributed by atoms with Gasteiger partial charge in [-0.2, -0.15) is 0 Å². The third-order valence-electron chi connectivity index (χ3n) is 5.45. The predicted molar refractivity (Wildman–Crippen MR) is 108 cm³/mol. The Hall–Kier alpha value is -1.69. The van der Waals surface area contributed by atoms with Crippen molar-refractivity contribution in [1.82, 2.24) is 9.80 Å². The van der Waals surface area contributed by atoms with E-state index >= 15 is 0 Å². The molecule has 138 valence electrons. The molecule has 1 aliphatic carbocycles. The highest BCUT2D eigenvalue weighted by atomic mass is 32.1. The summed E-state index contributed by atoms with van der Waals surface area (Å²) in [6, 6.07) is 10.4. The highest BCUT2D eigenvalue weighted by molar-refractivity contribution is 7.12. The average molecular weight is 370 g/mol. The molecule has 2 aliphatic rings. The lowest BCUT2D eigenvalue weighted by molar-refractivity contribution is 0.102. The quantitative estimate of drug-likeness (QED) is 0.835. The zero-order chi connectivity index (χ0) is 17.9. The van der Waals surface area contributed by atoms with Crippen molar-refractivity contribution in [3.63, 3.8) is 0 Å². The Balaban J connectivity index is 1.33. The second-order valence-electron chi connectivity index (χ2n) is 7.34. The highest BCUT2D eigenvalue weighted by Crippen LogP contribution is 2.43. The summed E-state index contributed by atoms with van der Waals surface area (Å²) < 4.78 is 0. The Morgan fingerprint density at radius 3 is 2.42 bits per heavy atom. The lowest BCUT2D eigenvalue weighted by atomic mass is 10.1. The number of amides is 1. The fourth-order valence-corrected chi connectivity index (χ4v) is 4.50. The molecule has 1 aromatic carbocycles. The third-order valence-corrected chi connectivity index (χ3v) is 6.38. The molecule has 1 amide bonds. The average Bonchev–Trinajstić information content (AvgIpc) is 3.40. The first-order valence-electron chi connectivity index (χ1n) is 9.65. The van der Waals surface area contributed by atoms with Gasteiger partial charge in [0.05, 0.1) is 4.88 Å². The minimum Gasteiger partial charge on any atom is -0.321 e. The molecular weight excluding hydrogens is 342 g/mol. The van der Waals surface area contributed by atoms with Crippen LogP contribution in [0.2, 0.25) is 0 Å². The van der Waals surface area contributed by atoms with Crippen LogP contribution in [0.3, 0.4) is 0 Å². The van der Waals surface area contributed by atoms with Gasteiger partial charge in [-0.25, -0.2) is 0 Å². The van der Waals surface area contributed by atoms with Gasteiger partial charge >= 0.3 is 0 Å². The summed E-state index contributed by atoms with van der Waals surface area (Å²) in [5, 5.41) is 5.09. The molecule has 0 atom stereocenters. The molecule has 4 rings (SSSR count). The van der Waals surface area contributed by atoms with E-state index in [0.717, 1.165) is 49.8 Å². The molecule has 2 aromatic rings. The van der Waals surface area contributed by atoms with Crippen LogP contribution in [0.1, 0.15) is 46.5 Å². The molecule has 0 bridgehead atoms. The van der Waals surface area contributed by atoms with E-state index in [0.29, 0.717) is 5.92 Å². The van der Waals surface area contributed by atoms with Crippen LogP contribution < -0.4 is 5.32 Å². The zero-order valence-electron chi connectivity index (χ0n) is 15.4. The Labute approximate surface area is 159 Å². The van der Waals surface area contributed by atoms with E-state index in [1.807, 2.05) is 17.5 Å². The SMILES string of the molecule is CCN1CCN(Cc2ccc(NC(=O)c3sccc3C3CC3)cc2)CC1. The van der Waals surface area contributed by atoms with E-state index in [2.05, 4.69) is 40.2 Å². The Morgan fingerprint density at radius 1 is 1.08 bits per heavy atom. The number of carbonyl (C=O) groups excluding carboxylic acids is 1. The highest BCUT2D eigenvalue weighted by Gasteiger charge is 2.28. The van der Waals surface area contributed by atoms with E-state index in [-0.39, 0.29) is 5.91 Å². The molecule has 1 aliphatic heterocycles. The lowest BCUT2D eigenvalue weighted by Gasteiger charge is -2.34. The zero-order valence-corrected chi connectivity index (χ0v) is 16.2.